The van der Waals surface area contributed by atoms with Gasteiger partial charge in [-0.15, -0.1) is 0 Å². The molecule has 0 spiro atoms. The Labute approximate surface area is 123 Å². The van der Waals surface area contributed by atoms with E-state index in [2.05, 4.69) is 0 Å². The SMILES string of the molecule is CC1CCCN(Cc2cccc(Cl)c2Cl)C1C(=O)O. The highest BCUT2D eigenvalue weighted by Crippen LogP contribution is 2.30. The normalized spacial score (nSPS) is 24.4. The molecule has 0 amide bonds. The molecule has 0 aliphatic carbocycles. The topological polar surface area (TPSA) is 40.5 Å². The minimum Gasteiger partial charge on any atom is -0.480 e. The molecule has 1 aliphatic rings. The molecule has 5 heteroatoms. The quantitative estimate of drug-likeness (QED) is 0.926. The first-order chi connectivity index (χ1) is 9.00. The predicted octanol–water partition coefficient (Wildman–Crippen LogP) is 3.68. The van der Waals surface area contributed by atoms with Crippen molar-refractivity contribution in [1.82, 2.24) is 4.90 Å². The van der Waals surface area contributed by atoms with Gasteiger partial charge >= 0.3 is 5.97 Å². The minimum absolute atomic E-state index is 0.157. The molecule has 2 rings (SSSR count). The second-order valence-corrected chi connectivity index (χ2v) is 5.87. The van der Waals surface area contributed by atoms with Crippen LogP contribution in [-0.2, 0) is 11.3 Å². The standard InChI is InChI=1S/C14H17Cl2NO2/c1-9-4-3-7-17(13(9)14(18)19)8-10-5-2-6-11(15)12(10)16/h2,5-6,9,13H,3-4,7-8H2,1H3,(H,18,19). The maximum atomic E-state index is 11.4. The Kier molecular flexibility index (Phi) is 4.71. The molecule has 1 aromatic carbocycles. The third-order valence-electron chi connectivity index (χ3n) is 3.70. The molecule has 1 fully saturated rings. The van der Waals surface area contributed by atoms with Crippen molar-refractivity contribution < 1.29 is 9.90 Å². The molecule has 0 aromatic heterocycles. The van der Waals surface area contributed by atoms with Crippen LogP contribution >= 0.6 is 23.2 Å². The number of carbonyl (C=O) groups is 1. The lowest BCUT2D eigenvalue weighted by Crippen LogP contribution is -2.48. The first-order valence-electron chi connectivity index (χ1n) is 6.40. The van der Waals surface area contributed by atoms with E-state index in [9.17, 15) is 9.90 Å². The Morgan fingerprint density at radius 2 is 2.21 bits per heavy atom. The summed E-state index contributed by atoms with van der Waals surface area (Å²) in [6.45, 7) is 3.30. The van der Waals surface area contributed by atoms with Gasteiger partial charge < -0.3 is 5.11 Å². The van der Waals surface area contributed by atoms with Gasteiger partial charge in [-0.3, -0.25) is 9.69 Å². The number of hydrogen-bond acceptors (Lipinski definition) is 2. The van der Waals surface area contributed by atoms with Gasteiger partial charge in [-0.2, -0.15) is 0 Å². The zero-order chi connectivity index (χ0) is 14.0. The second kappa shape index (κ2) is 6.12. The summed E-state index contributed by atoms with van der Waals surface area (Å²) < 4.78 is 0. The summed E-state index contributed by atoms with van der Waals surface area (Å²) in [4.78, 5) is 13.4. The Morgan fingerprint density at radius 3 is 2.89 bits per heavy atom. The van der Waals surface area contributed by atoms with Crippen molar-refractivity contribution in [2.45, 2.75) is 32.4 Å². The molecule has 0 bridgehead atoms. The number of carboxylic acid groups (broad SMARTS) is 1. The fourth-order valence-electron chi connectivity index (χ4n) is 2.74. The molecule has 0 radical (unpaired) electrons. The van der Waals surface area contributed by atoms with Crippen LogP contribution in [0.3, 0.4) is 0 Å². The van der Waals surface area contributed by atoms with Gasteiger partial charge in [-0.05, 0) is 36.9 Å². The third kappa shape index (κ3) is 3.22. The van der Waals surface area contributed by atoms with E-state index in [0.29, 0.717) is 16.6 Å². The van der Waals surface area contributed by atoms with Gasteiger partial charge in [-0.25, -0.2) is 0 Å². The molecular formula is C14H17Cl2NO2. The lowest BCUT2D eigenvalue weighted by molar-refractivity contribution is -0.147. The molecule has 104 valence electrons. The fraction of sp³-hybridized carbons (Fsp3) is 0.500. The molecule has 19 heavy (non-hydrogen) atoms. The number of aliphatic carboxylic acids is 1. The Bertz CT molecular complexity index is 479. The Balaban J connectivity index is 2.20. The van der Waals surface area contributed by atoms with Crippen LogP contribution < -0.4 is 0 Å². The van der Waals surface area contributed by atoms with E-state index in [-0.39, 0.29) is 5.92 Å². The molecule has 1 N–H and O–H groups in total. The molecule has 1 heterocycles. The number of halogens is 2. The Hall–Kier alpha value is -0.770. The number of piperidine rings is 1. The van der Waals surface area contributed by atoms with Gasteiger partial charge in [0.2, 0.25) is 0 Å². The monoisotopic (exact) mass is 301 g/mol. The van der Waals surface area contributed by atoms with Crippen LogP contribution in [0.5, 0.6) is 0 Å². The van der Waals surface area contributed by atoms with E-state index < -0.39 is 12.0 Å². The number of likely N-dealkylation sites (tertiary alicyclic amines) is 1. The van der Waals surface area contributed by atoms with Gasteiger partial charge in [-0.1, -0.05) is 42.3 Å². The molecule has 3 nitrogen and oxygen atoms in total. The molecule has 2 atom stereocenters. The average molecular weight is 302 g/mol. The first-order valence-corrected chi connectivity index (χ1v) is 7.16. The number of benzene rings is 1. The minimum atomic E-state index is -0.759. The maximum Gasteiger partial charge on any atom is 0.321 e. The fourth-order valence-corrected chi connectivity index (χ4v) is 3.12. The number of rotatable bonds is 3. The zero-order valence-corrected chi connectivity index (χ0v) is 12.3. The van der Waals surface area contributed by atoms with Gasteiger partial charge in [0.05, 0.1) is 10.0 Å². The van der Waals surface area contributed by atoms with Gasteiger partial charge in [0, 0.05) is 6.54 Å². The molecular weight excluding hydrogens is 285 g/mol. The van der Waals surface area contributed by atoms with Gasteiger partial charge in [0.15, 0.2) is 0 Å². The largest absolute Gasteiger partial charge is 0.480 e. The highest BCUT2D eigenvalue weighted by Gasteiger charge is 2.34. The van der Waals surface area contributed by atoms with Crippen molar-refractivity contribution in [3.63, 3.8) is 0 Å². The molecule has 1 aliphatic heterocycles. The van der Waals surface area contributed by atoms with E-state index >= 15 is 0 Å². The zero-order valence-electron chi connectivity index (χ0n) is 10.8. The van der Waals surface area contributed by atoms with Crippen molar-refractivity contribution in [2.24, 2.45) is 5.92 Å². The summed E-state index contributed by atoms with van der Waals surface area (Å²) in [6, 6.07) is 5.03. The van der Waals surface area contributed by atoms with Crippen molar-refractivity contribution in [3.8, 4) is 0 Å². The Morgan fingerprint density at radius 1 is 1.47 bits per heavy atom. The van der Waals surface area contributed by atoms with E-state index in [4.69, 9.17) is 23.2 Å². The summed E-state index contributed by atoms with van der Waals surface area (Å²) in [5.74, 6) is -0.602. The summed E-state index contributed by atoms with van der Waals surface area (Å²) in [5.41, 5.74) is 0.884. The smallest absolute Gasteiger partial charge is 0.321 e. The molecule has 1 saturated heterocycles. The second-order valence-electron chi connectivity index (χ2n) is 5.09. The van der Waals surface area contributed by atoms with Crippen molar-refractivity contribution in [3.05, 3.63) is 33.8 Å². The first kappa shape index (κ1) is 14.6. The summed E-state index contributed by atoms with van der Waals surface area (Å²) in [6.07, 6.45) is 1.97. The van der Waals surface area contributed by atoms with Crippen LogP contribution in [0.15, 0.2) is 18.2 Å². The van der Waals surface area contributed by atoms with Crippen LogP contribution in [0.4, 0.5) is 0 Å². The van der Waals surface area contributed by atoms with Crippen molar-refractivity contribution in [2.75, 3.05) is 6.54 Å². The van der Waals surface area contributed by atoms with E-state index in [1.807, 2.05) is 24.0 Å². The summed E-state index contributed by atoms with van der Waals surface area (Å²) >= 11 is 12.2. The van der Waals surface area contributed by atoms with E-state index in [1.54, 1.807) is 6.07 Å². The van der Waals surface area contributed by atoms with Crippen molar-refractivity contribution in [1.29, 1.82) is 0 Å². The van der Waals surface area contributed by atoms with Gasteiger partial charge in [0.1, 0.15) is 6.04 Å². The predicted molar refractivity (Wildman–Crippen MR) is 76.7 cm³/mol. The number of nitrogens with zero attached hydrogens (tertiary/aromatic N) is 1. The lowest BCUT2D eigenvalue weighted by Gasteiger charge is -2.37. The van der Waals surface area contributed by atoms with Crippen LogP contribution in [0.25, 0.3) is 0 Å². The summed E-state index contributed by atoms with van der Waals surface area (Å²) in [5, 5.41) is 10.4. The average Bonchev–Trinajstić information content (AvgIpc) is 2.34. The maximum absolute atomic E-state index is 11.4. The summed E-state index contributed by atoms with van der Waals surface area (Å²) in [7, 11) is 0. The van der Waals surface area contributed by atoms with E-state index in [1.165, 1.54) is 0 Å². The molecule has 0 saturated carbocycles. The van der Waals surface area contributed by atoms with Crippen LogP contribution in [0.1, 0.15) is 25.3 Å². The number of hydrogen-bond donors (Lipinski definition) is 1. The van der Waals surface area contributed by atoms with Gasteiger partial charge in [0.25, 0.3) is 0 Å². The molecule has 2 unspecified atom stereocenters. The van der Waals surface area contributed by atoms with Crippen LogP contribution in [0.2, 0.25) is 10.0 Å². The van der Waals surface area contributed by atoms with E-state index in [0.717, 1.165) is 24.9 Å². The third-order valence-corrected chi connectivity index (χ3v) is 4.55. The highest BCUT2D eigenvalue weighted by molar-refractivity contribution is 6.42. The van der Waals surface area contributed by atoms with Crippen molar-refractivity contribution >= 4 is 29.2 Å². The van der Waals surface area contributed by atoms with Crippen LogP contribution in [0, 0.1) is 5.92 Å². The molecule has 1 aromatic rings. The number of carboxylic acids is 1. The highest BCUT2D eigenvalue weighted by atomic mass is 35.5. The van der Waals surface area contributed by atoms with Crippen LogP contribution in [-0.4, -0.2) is 28.6 Å². The lowest BCUT2D eigenvalue weighted by atomic mass is 9.90.